The topological polar surface area (TPSA) is 43.4 Å². The molecule has 0 aromatic heterocycles. The van der Waals surface area contributed by atoms with Gasteiger partial charge in [0.05, 0.1) is 13.0 Å². The van der Waals surface area contributed by atoms with Crippen molar-refractivity contribution in [3.8, 4) is 5.75 Å². The Labute approximate surface area is 138 Å². The van der Waals surface area contributed by atoms with E-state index >= 15 is 0 Å². The second-order valence-electron chi connectivity index (χ2n) is 7.59. The Morgan fingerprint density at radius 2 is 1.96 bits per heavy atom. The van der Waals surface area contributed by atoms with E-state index < -0.39 is 0 Å². The van der Waals surface area contributed by atoms with Gasteiger partial charge < -0.3 is 4.74 Å². The number of carbonyl (C=O) groups is 2. The third kappa shape index (κ3) is 3.82. The van der Waals surface area contributed by atoms with Crippen molar-refractivity contribution < 1.29 is 14.3 Å². The van der Waals surface area contributed by atoms with E-state index in [2.05, 4.69) is 25.1 Å². The Hall–Kier alpha value is -1.64. The molecule has 2 atom stereocenters. The fourth-order valence-corrected chi connectivity index (χ4v) is 3.66. The monoisotopic (exact) mass is 314 g/mol. The van der Waals surface area contributed by atoms with Gasteiger partial charge in [0.25, 0.3) is 0 Å². The standard InChI is InChI=1S/C20H26O3/c1-14(21)11-18(22)16-8-7-15(12-16)13-23-19-6-4-3-5-17(19)20(2)9-10-20/h3-6,15-16H,7-13H2,1-2H3. The van der Waals surface area contributed by atoms with Crippen LogP contribution < -0.4 is 4.74 Å². The minimum absolute atomic E-state index is 0.0266. The summed E-state index contributed by atoms with van der Waals surface area (Å²) in [4.78, 5) is 23.1. The molecule has 3 heteroatoms. The fourth-order valence-electron chi connectivity index (χ4n) is 3.66. The highest BCUT2D eigenvalue weighted by atomic mass is 16.5. The van der Waals surface area contributed by atoms with E-state index in [4.69, 9.17) is 4.74 Å². The molecule has 0 amide bonds. The number of ketones is 2. The van der Waals surface area contributed by atoms with E-state index in [1.54, 1.807) is 0 Å². The van der Waals surface area contributed by atoms with Crippen LogP contribution in [0.2, 0.25) is 0 Å². The average Bonchev–Trinajstić information content (AvgIpc) is 3.09. The normalized spacial score (nSPS) is 25.1. The Kier molecular flexibility index (Phi) is 4.56. The van der Waals surface area contributed by atoms with Crippen LogP contribution in [0, 0.1) is 11.8 Å². The predicted octanol–water partition coefficient (Wildman–Crippen LogP) is 4.08. The van der Waals surface area contributed by atoms with Crippen LogP contribution in [0.15, 0.2) is 24.3 Å². The fraction of sp³-hybridized carbons (Fsp3) is 0.600. The van der Waals surface area contributed by atoms with Gasteiger partial charge in [0, 0.05) is 11.5 Å². The van der Waals surface area contributed by atoms with E-state index in [1.165, 1.54) is 25.3 Å². The van der Waals surface area contributed by atoms with Crippen molar-refractivity contribution in [1.82, 2.24) is 0 Å². The molecule has 0 heterocycles. The first-order chi connectivity index (χ1) is 11.0. The van der Waals surface area contributed by atoms with Crippen molar-refractivity contribution in [2.45, 2.75) is 57.8 Å². The van der Waals surface area contributed by atoms with Gasteiger partial charge in [-0.15, -0.1) is 0 Å². The first-order valence-electron chi connectivity index (χ1n) is 8.72. The zero-order valence-electron chi connectivity index (χ0n) is 14.1. The number of ether oxygens (including phenoxy) is 1. The lowest BCUT2D eigenvalue weighted by Gasteiger charge is -2.18. The van der Waals surface area contributed by atoms with E-state index in [0.717, 1.165) is 25.0 Å². The Morgan fingerprint density at radius 1 is 1.22 bits per heavy atom. The third-order valence-corrected chi connectivity index (χ3v) is 5.43. The molecule has 2 saturated carbocycles. The molecule has 0 aliphatic heterocycles. The van der Waals surface area contributed by atoms with Crippen molar-refractivity contribution in [2.24, 2.45) is 11.8 Å². The van der Waals surface area contributed by atoms with E-state index in [1.807, 2.05) is 6.07 Å². The summed E-state index contributed by atoms with van der Waals surface area (Å²) in [7, 11) is 0. The zero-order chi connectivity index (χ0) is 16.4. The van der Waals surface area contributed by atoms with E-state index in [-0.39, 0.29) is 23.9 Å². The Morgan fingerprint density at radius 3 is 2.65 bits per heavy atom. The molecule has 3 nitrogen and oxygen atoms in total. The minimum Gasteiger partial charge on any atom is -0.493 e. The van der Waals surface area contributed by atoms with Gasteiger partial charge in [-0.3, -0.25) is 9.59 Å². The SMILES string of the molecule is CC(=O)CC(=O)C1CCC(COc2ccccc2C2(C)CC2)C1. The zero-order valence-corrected chi connectivity index (χ0v) is 14.1. The quantitative estimate of drug-likeness (QED) is 0.712. The first-order valence-corrected chi connectivity index (χ1v) is 8.72. The molecule has 1 aromatic carbocycles. The molecule has 0 N–H and O–H groups in total. The smallest absolute Gasteiger partial charge is 0.143 e. The van der Waals surface area contributed by atoms with Crippen LogP contribution in [0.5, 0.6) is 5.75 Å². The summed E-state index contributed by atoms with van der Waals surface area (Å²) < 4.78 is 6.12. The number of benzene rings is 1. The summed E-state index contributed by atoms with van der Waals surface area (Å²) in [6.07, 6.45) is 5.36. The number of carbonyl (C=O) groups excluding carboxylic acids is 2. The second-order valence-corrected chi connectivity index (χ2v) is 7.59. The van der Waals surface area contributed by atoms with Crippen molar-refractivity contribution in [3.05, 3.63) is 29.8 Å². The van der Waals surface area contributed by atoms with Crippen molar-refractivity contribution in [1.29, 1.82) is 0 Å². The Bertz CT molecular complexity index is 601. The lowest BCUT2D eigenvalue weighted by Crippen LogP contribution is -2.16. The van der Waals surface area contributed by atoms with Gasteiger partial charge in [0.2, 0.25) is 0 Å². The molecule has 2 fully saturated rings. The summed E-state index contributed by atoms with van der Waals surface area (Å²) >= 11 is 0. The average molecular weight is 314 g/mol. The molecule has 1 aromatic rings. The van der Waals surface area contributed by atoms with Crippen molar-refractivity contribution in [2.75, 3.05) is 6.61 Å². The van der Waals surface area contributed by atoms with Crippen LogP contribution >= 0.6 is 0 Å². The number of para-hydroxylation sites is 1. The third-order valence-electron chi connectivity index (χ3n) is 5.43. The maximum Gasteiger partial charge on any atom is 0.143 e. The predicted molar refractivity (Wildman–Crippen MR) is 89.7 cm³/mol. The van der Waals surface area contributed by atoms with Gasteiger partial charge in [0.1, 0.15) is 17.3 Å². The molecule has 23 heavy (non-hydrogen) atoms. The highest BCUT2D eigenvalue weighted by molar-refractivity contribution is 5.99. The lowest BCUT2D eigenvalue weighted by atomic mass is 9.97. The summed E-state index contributed by atoms with van der Waals surface area (Å²) in [5.74, 6) is 1.58. The number of Topliss-reactive ketones (excluding diaryl/α,β-unsaturated/α-hetero) is 2. The van der Waals surface area contributed by atoms with Crippen LogP contribution in [0.3, 0.4) is 0 Å². The van der Waals surface area contributed by atoms with E-state index in [0.29, 0.717) is 17.9 Å². The minimum atomic E-state index is -0.0266. The highest BCUT2D eigenvalue weighted by Gasteiger charge is 2.41. The van der Waals surface area contributed by atoms with Gasteiger partial charge in [-0.2, -0.15) is 0 Å². The van der Waals surface area contributed by atoms with Crippen molar-refractivity contribution in [3.63, 3.8) is 0 Å². The van der Waals surface area contributed by atoms with Gasteiger partial charge >= 0.3 is 0 Å². The van der Waals surface area contributed by atoms with Crippen LogP contribution in [0.4, 0.5) is 0 Å². The van der Waals surface area contributed by atoms with Crippen LogP contribution in [0.1, 0.15) is 57.9 Å². The van der Waals surface area contributed by atoms with Crippen LogP contribution in [-0.2, 0) is 15.0 Å². The Balaban J connectivity index is 1.54. The highest BCUT2D eigenvalue weighted by Crippen LogP contribution is 2.50. The van der Waals surface area contributed by atoms with Gasteiger partial charge in [-0.25, -0.2) is 0 Å². The molecule has 0 spiro atoms. The molecular weight excluding hydrogens is 288 g/mol. The maximum atomic E-state index is 12.0. The first kappa shape index (κ1) is 16.2. The number of hydrogen-bond donors (Lipinski definition) is 0. The molecular formula is C20H26O3. The molecule has 2 aliphatic carbocycles. The molecule has 124 valence electrons. The van der Waals surface area contributed by atoms with Crippen molar-refractivity contribution >= 4 is 11.6 Å². The summed E-state index contributed by atoms with van der Waals surface area (Å²) in [5.41, 5.74) is 1.62. The molecule has 2 unspecified atom stereocenters. The number of hydrogen-bond acceptors (Lipinski definition) is 3. The van der Waals surface area contributed by atoms with Gasteiger partial charge in [0.15, 0.2) is 0 Å². The van der Waals surface area contributed by atoms with Crippen LogP contribution in [-0.4, -0.2) is 18.2 Å². The molecule has 0 radical (unpaired) electrons. The number of rotatable bonds is 7. The van der Waals surface area contributed by atoms with Gasteiger partial charge in [-0.05, 0) is 56.4 Å². The second kappa shape index (κ2) is 6.46. The maximum absolute atomic E-state index is 12.0. The molecule has 3 rings (SSSR count). The van der Waals surface area contributed by atoms with Gasteiger partial charge in [-0.1, -0.05) is 25.1 Å². The molecule has 0 saturated heterocycles. The summed E-state index contributed by atoms with van der Waals surface area (Å²) in [6, 6.07) is 8.35. The van der Waals surface area contributed by atoms with E-state index in [9.17, 15) is 9.59 Å². The molecule has 2 aliphatic rings. The lowest BCUT2D eigenvalue weighted by molar-refractivity contribution is -0.128. The summed E-state index contributed by atoms with van der Waals surface area (Å²) in [5, 5.41) is 0. The largest absolute Gasteiger partial charge is 0.493 e. The van der Waals surface area contributed by atoms with Crippen LogP contribution in [0.25, 0.3) is 0 Å². The molecule has 0 bridgehead atoms. The summed E-state index contributed by atoms with van der Waals surface area (Å²) in [6.45, 7) is 4.46.